The van der Waals surface area contributed by atoms with E-state index in [2.05, 4.69) is 10.6 Å². The summed E-state index contributed by atoms with van der Waals surface area (Å²) in [6.45, 7) is 1.82. The Hall–Kier alpha value is -3.42. The van der Waals surface area contributed by atoms with E-state index in [0.717, 1.165) is 12.8 Å². The molecule has 2 N–H and O–H groups in total. The molecule has 8 heteroatoms. The Balaban J connectivity index is 1.48. The first-order valence-corrected chi connectivity index (χ1v) is 10.2. The maximum Gasteiger partial charge on any atom is 0.321 e. The van der Waals surface area contributed by atoms with E-state index < -0.39 is 0 Å². The Morgan fingerprint density at radius 3 is 2.35 bits per heavy atom. The fourth-order valence-electron chi connectivity index (χ4n) is 3.60. The number of urea groups is 1. The molecule has 3 rings (SSSR count). The van der Waals surface area contributed by atoms with Gasteiger partial charge < -0.3 is 29.7 Å². The Morgan fingerprint density at radius 1 is 0.968 bits per heavy atom. The molecule has 2 aromatic rings. The number of ether oxygens (including phenoxy) is 3. The van der Waals surface area contributed by atoms with Crippen LogP contribution in [0.3, 0.4) is 0 Å². The predicted molar refractivity (Wildman–Crippen MR) is 118 cm³/mol. The number of amides is 3. The molecule has 1 aliphatic rings. The highest BCUT2D eigenvalue weighted by atomic mass is 16.5. The van der Waals surface area contributed by atoms with Crippen molar-refractivity contribution in [2.45, 2.75) is 12.8 Å². The van der Waals surface area contributed by atoms with Crippen LogP contribution < -0.4 is 24.8 Å². The van der Waals surface area contributed by atoms with Gasteiger partial charge in [-0.3, -0.25) is 4.79 Å². The van der Waals surface area contributed by atoms with Crippen molar-refractivity contribution in [1.82, 2.24) is 10.2 Å². The van der Waals surface area contributed by atoms with E-state index in [1.54, 1.807) is 37.3 Å². The quantitative estimate of drug-likeness (QED) is 0.707. The van der Waals surface area contributed by atoms with E-state index >= 15 is 0 Å². The summed E-state index contributed by atoms with van der Waals surface area (Å²) in [6, 6.07) is 12.3. The minimum absolute atomic E-state index is 0.144. The number of carbonyl (C=O) groups excluding carboxylic acids is 2. The van der Waals surface area contributed by atoms with Gasteiger partial charge in [-0.15, -0.1) is 0 Å². The molecule has 0 spiro atoms. The molecule has 8 nitrogen and oxygen atoms in total. The van der Waals surface area contributed by atoms with Gasteiger partial charge in [0.15, 0.2) is 0 Å². The molecule has 1 fully saturated rings. The molecule has 166 valence electrons. The predicted octanol–water partition coefficient (Wildman–Crippen LogP) is 3.39. The highest BCUT2D eigenvalue weighted by Gasteiger charge is 2.24. The third kappa shape index (κ3) is 5.59. The van der Waals surface area contributed by atoms with Crippen LogP contribution in [0.2, 0.25) is 0 Å². The third-order valence-electron chi connectivity index (χ3n) is 5.45. The molecule has 0 radical (unpaired) electrons. The number of para-hydroxylation sites is 2. The zero-order valence-electron chi connectivity index (χ0n) is 18.1. The minimum atomic E-state index is -0.184. The number of likely N-dealkylation sites (tertiary alicyclic amines) is 1. The van der Waals surface area contributed by atoms with Crippen LogP contribution in [0.5, 0.6) is 17.2 Å². The molecule has 1 heterocycles. The summed E-state index contributed by atoms with van der Waals surface area (Å²) in [5.74, 6) is 1.86. The van der Waals surface area contributed by atoms with Crippen LogP contribution in [-0.2, 0) is 0 Å². The van der Waals surface area contributed by atoms with Crippen molar-refractivity contribution < 1.29 is 23.8 Å². The smallest absolute Gasteiger partial charge is 0.321 e. The number of nitrogens with one attached hydrogen (secondary N) is 2. The van der Waals surface area contributed by atoms with Crippen molar-refractivity contribution in [2.24, 2.45) is 5.92 Å². The van der Waals surface area contributed by atoms with Gasteiger partial charge in [-0.2, -0.15) is 0 Å². The number of carbonyl (C=O) groups is 2. The van der Waals surface area contributed by atoms with E-state index in [-0.39, 0.29) is 11.9 Å². The standard InChI is InChI=1S/C23H29N3O5/c1-29-17-8-9-18(21(14-17)31-3)22(27)24-15-16-10-12-26(13-11-16)23(28)25-19-6-4-5-7-20(19)30-2/h4-9,14,16H,10-13,15H2,1-3H3,(H,24,27)(H,25,28). The summed E-state index contributed by atoms with van der Waals surface area (Å²) in [7, 11) is 4.67. The summed E-state index contributed by atoms with van der Waals surface area (Å²) in [6.07, 6.45) is 1.64. The van der Waals surface area contributed by atoms with Crippen molar-refractivity contribution in [3.05, 3.63) is 48.0 Å². The molecular weight excluding hydrogens is 398 g/mol. The first-order valence-electron chi connectivity index (χ1n) is 10.2. The number of rotatable bonds is 7. The SMILES string of the molecule is COc1ccc(C(=O)NCC2CCN(C(=O)Nc3ccccc3OC)CC2)c(OC)c1. The molecule has 1 aliphatic heterocycles. The normalized spacial score (nSPS) is 14.0. The highest BCUT2D eigenvalue weighted by Crippen LogP contribution is 2.26. The van der Waals surface area contributed by atoms with Crippen LogP contribution in [0, 0.1) is 5.92 Å². The first kappa shape index (κ1) is 22.3. The fraction of sp³-hybridized carbons (Fsp3) is 0.391. The van der Waals surface area contributed by atoms with Gasteiger partial charge in [0.2, 0.25) is 0 Å². The lowest BCUT2D eigenvalue weighted by Crippen LogP contribution is -2.43. The molecule has 0 atom stereocenters. The average Bonchev–Trinajstić information content (AvgIpc) is 2.82. The Morgan fingerprint density at radius 2 is 1.68 bits per heavy atom. The summed E-state index contributed by atoms with van der Waals surface area (Å²) < 4.78 is 15.8. The number of anilines is 1. The van der Waals surface area contributed by atoms with E-state index in [1.807, 2.05) is 24.3 Å². The van der Waals surface area contributed by atoms with E-state index in [4.69, 9.17) is 14.2 Å². The van der Waals surface area contributed by atoms with Crippen LogP contribution in [0.25, 0.3) is 0 Å². The molecule has 0 saturated carbocycles. The number of methoxy groups -OCH3 is 3. The molecule has 0 bridgehead atoms. The highest BCUT2D eigenvalue weighted by molar-refractivity contribution is 5.97. The van der Waals surface area contributed by atoms with Crippen LogP contribution in [0.15, 0.2) is 42.5 Å². The zero-order valence-corrected chi connectivity index (χ0v) is 18.1. The summed E-state index contributed by atoms with van der Waals surface area (Å²) in [5, 5.41) is 5.89. The van der Waals surface area contributed by atoms with Crippen molar-refractivity contribution in [1.29, 1.82) is 0 Å². The second-order valence-electron chi connectivity index (χ2n) is 7.34. The van der Waals surface area contributed by atoms with E-state index in [1.165, 1.54) is 7.11 Å². The number of benzene rings is 2. The lowest BCUT2D eigenvalue weighted by Gasteiger charge is -2.32. The summed E-state index contributed by atoms with van der Waals surface area (Å²) in [4.78, 5) is 27.0. The van der Waals surface area contributed by atoms with Crippen LogP contribution in [-0.4, -0.2) is 57.8 Å². The monoisotopic (exact) mass is 427 g/mol. The Labute approximate surface area is 182 Å². The van der Waals surface area contributed by atoms with Crippen molar-refractivity contribution in [3.63, 3.8) is 0 Å². The topological polar surface area (TPSA) is 89.1 Å². The molecule has 31 heavy (non-hydrogen) atoms. The Kier molecular flexibility index (Phi) is 7.59. The molecule has 3 amide bonds. The lowest BCUT2D eigenvalue weighted by atomic mass is 9.97. The maximum absolute atomic E-state index is 12.6. The van der Waals surface area contributed by atoms with Gasteiger partial charge in [0.05, 0.1) is 32.6 Å². The van der Waals surface area contributed by atoms with Gasteiger partial charge in [-0.1, -0.05) is 12.1 Å². The van der Waals surface area contributed by atoms with Gasteiger partial charge in [-0.25, -0.2) is 4.79 Å². The number of piperidine rings is 1. The minimum Gasteiger partial charge on any atom is -0.497 e. The van der Waals surface area contributed by atoms with Gasteiger partial charge >= 0.3 is 6.03 Å². The lowest BCUT2D eigenvalue weighted by molar-refractivity contribution is 0.0935. The molecule has 1 saturated heterocycles. The maximum atomic E-state index is 12.6. The van der Waals surface area contributed by atoms with E-state index in [0.29, 0.717) is 54.1 Å². The number of nitrogens with zero attached hydrogens (tertiary/aromatic N) is 1. The van der Waals surface area contributed by atoms with Crippen molar-refractivity contribution in [3.8, 4) is 17.2 Å². The van der Waals surface area contributed by atoms with Crippen LogP contribution in [0.1, 0.15) is 23.2 Å². The summed E-state index contributed by atoms with van der Waals surface area (Å²) >= 11 is 0. The molecule has 0 aromatic heterocycles. The zero-order chi connectivity index (χ0) is 22.2. The first-order chi connectivity index (χ1) is 15.0. The van der Waals surface area contributed by atoms with Gasteiger partial charge in [-0.05, 0) is 43.0 Å². The molecule has 0 unspecified atom stereocenters. The average molecular weight is 428 g/mol. The second kappa shape index (κ2) is 10.6. The van der Waals surface area contributed by atoms with E-state index in [9.17, 15) is 9.59 Å². The number of hydrogen-bond donors (Lipinski definition) is 2. The largest absolute Gasteiger partial charge is 0.497 e. The van der Waals surface area contributed by atoms with Crippen LogP contribution in [0.4, 0.5) is 10.5 Å². The van der Waals surface area contributed by atoms with Crippen molar-refractivity contribution >= 4 is 17.6 Å². The van der Waals surface area contributed by atoms with Gasteiger partial charge in [0.25, 0.3) is 5.91 Å². The van der Waals surface area contributed by atoms with Gasteiger partial charge in [0.1, 0.15) is 17.2 Å². The van der Waals surface area contributed by atoms with Crippen molar-refractivity contribution in [2.75, 3.05) is 46.3 Å². The second-order valence-corrected chi connectivity index (χ2v) is 7.34. The van der Waals surface area contributed by atoms with Gasteiger partial charge in [0, 0.05) is 25.7 Å². The summed E-state index contributed by atoms with van der Waals surface area (Å²) in [5.41, 5.74) is 1.12. The molecule has 2 aromatic carbocycles. The Bertz CT molecular complexity index is 910. The molecule has 0 aliphatic carbocycles. The number of hydrogen-bond acceptors (Lipinski definition) is 5. The fourth-order valence-corrected chi connectivity index (χ4v) is 3.60. The molecular formula is C23H29N3O5. The van der Waals surface area contributed by atoms with Crippen LogP contribution >= 0.6 is 0 Å². The third-order valence-corrected chi connectivity index (χ3v) is 5.45.